The third-order valence-corrected chi connectivity index (χ3v) is 3.88. The van der Waals surface area contributed by atoms with Crippen molar-refractivity contribution in [2.24, 2.45) is 0 Å². The number of aromatic nitrogens is 1. The largest absolute Gasteiger partial charge is 0.398 e. The molecule has 1 aromatic carbocycles. The molecule has 0 aliphatic carbocycles. The lowest BCUT2D eigenvalue weighted by Gasteiger charge is -2.21. The van der Waals surface area contributed by atoms with Gasteiger partial charge in [0.25, 0.3) is 0 Å². The molecule has 0 bridgehead atoms. The van der Waals surface area contributed by atoms with Crippen LogP contribution < -0.4 is 10.6 Å². The monoisotopic (exact) mass is 275 g/mol. The third kappa shape index (κ3) is 3.52. The van der Waals surface area contributed by atoms with E-state index in [1.54, 1.807) is 0 Å². The van der Waals surface area contributed by atoms with E-state index in [2.05, 4.69) is 48.8 Å². The van der Waals surface area contributed by atoms with Crippen molar-refractivity contribution < 1.29 is 4.90 Å². The molecule has 0 unspecified atom stereocenters. The van der Waals surface area contributed by atoms with Gasteiger partial charge in [0, 0.05) is 36.9 Å². The van der Waals surface area contributed by atoms with Crippen LogP contribution in [0.3, 0.4) is 0 Å². The Bertz CT molecular complexity index is 544. The Morgan fingerprint density at radius 2 is 2.00 bits per heavy atom. The number of hydrogen-bond acceptors (Lipinski definition) is 2. The summed E-state index contributed by atoms with van der Waals surface area (Å²) in [6.07, 6.45) is 2.14. The van der Waals surface area contributed by atoms with E-state index in [1.807, 2.05) is 12.1 Å². The van der Waals surface area contributed by atoms with Gasteiger partial charge in [-0.2, -0.15) is 0 Å². The molecule has 1 heterocycles. The normalized spacial score (nSPS) is 11.8. The average molecular weight is 275 g/mol. The molecule has 0 fully saturated rings. The van der Waals surface area contributed by atoms with Crippen LogP contribution in [0.15, 0.2) is 30.5 Å². The van der Waals surface area contributed by atoms with Gasteiger partial charge < -0.3 is 15.2 Å². The fourth-order valence-corrected chi connectivity index (χ4v) is 2.50. The standard InChI is InChI=1S/C16H26N4/c1-4-19(11-10-18(2)3)12-13-20-9-8-14-15(17)6-5-7-16(14)20/h5-9H,4,10-13,17H2,1-3H3/p+1. The number of hydrogen-bond donors (Lipinski definition) is 2. The van der Waals surface area contributed by atoms with Gasteiger partial charge in [-0.25, -0.2) is 0 Å². The summed E-state index contributed by atoms with van der Waals surface area (Å²) in [5, 5.41) is 1.16. The topological polar surface area (TPSA) is 38.6 Å². The lowest BCUT2D eigenvalue weighted by atomic mass is 10.2. The number of anilines is 1. The number of nitrogen functional groups attached to an aromatic ring is 1. The molecule has 4 nitrogen and oxygen atoms in total. The van der Waals surface area contributed by atoms with Gasteiger partial charge in [0.05, 0.1) is 26.2 Å². The highest BCUT2D eigenvalue weighted by Gasteiger charge is 2.07. The van der Waals surface area contributed by atoms with Crippen molar-refractivity contribution in [3.05, 3.63) is 30.5 Å². The zero-order chi connectivity index (χ0) is 14.5. The van der Waals surface area contributed by atoms with Crippen LogP contribution in [0.2, 0.25) is 0 Å². The van der Waals surface area contributed by atoms with E-state index in [0.29, 0.717) is 0 Å². The highest BCUT2D eigenvalue weighted by atomic mass is 15.2. The molecule has 3 N–H and O–H groups in total. The summed E-state index contributed by atoms with van der Waals surface area (Å²) in [7, 11) is 4.41. The molecule has 0 spiro atoms. The van der Waals surface area contributed by atoms with Gasteiger partial charge in [-0.05, 0) is 24.7 Å². The van der Waals surface area contributed by atoms with Gasteiger partial charge in [0.1, 0.15) is 0 Å². The number of nitrogens with one attached hydrogen (secondary N) is 1. The quantitative estimate of drug-likeness (QED) is 0.730. The minimum absolute atomic E-state index is 0.866. The highest BCUT2D eigenvalue weighted by molar-refractivity contribution is 5.91. The van der Waals surface area contributed by atoms with Crippen molar-refractivity contribution in [1.29, 1.82) is 0 Å². The summed E-state index contributed by atoms with van der Waals surface area (Å²) in [4.78, 5) is 4.01. The second kappa shape index (κ2) is 6.77. The van der Waals surface area contributed by atoms with Crippen molar-refractivity contribution >= 4 is 16.6 Å². The Hall–Kier alpha value is -1.52. The smallest absolute Gasteiger partial charge is 0.0896 e. The maximum atomic E-state index is 6.01. The molecule has 2 aromatic rings. The molecule has 0 aliphatic rings. The van der Waals surface area contributed by atoms with Crippen LogP contribution in [0.5, 0.6) is 0 Å². The number of nitrogens with zero attached hydrogens (tertiary/aromatic N) is 2. The maximum Gasteiger partial charge on any atom is 0.0896 e. The zero-order valence-corrected chi connectivity index (χ0v) is 12.9. The zero-order valence-electron chi connectivity index (χ0n) is 12.9. The van der Waals surface area contributed by atoms with E-state index >= 15 is 0 Å². The van der Waals surface area contributed by atoms with Crippen molar-refractivity contribution in [1.82, 2.24) is 9.47 Å². The number of quaternary nitrogens is 1. The van der Waals surface area contributed by atoms with Crippen LogP contribution in [0.25, 0.3) is 10.9 Å². The fraction of sp³-hybridized carbons (Fsp3) is 0.500. The van der Waals surface area contributed by atoms with E-state index in [4.69, 9.17) is 5.73 Å². The molecule has 0 saturated carbocycles. The van der Waals surface area contributed by atoms with Crippen LogP contribution in [-0.4, -0.2) is 49.7 Å². The second-order valence-corrected chi connectivity index (χ2v) is 5.68. The van der Waals surface area contributed by atoms with E-state index in [1.165, 1.54) is 17.0 Å². The van der Waals surface area contributed by atoms with Crippen LogP contribution in [0, 0.1) is 0 Å². The predicted octanol–water partition coefficient (Wildman–Crippen LogP) is 0.690. The van der Waals surface area contributed by atoms with Gasteiger partial charge in [0.2, 0.25) is 0 Å². The van der Waals surface area contributed by atoms with E-state index in [9.17, 15) is 0 Å². The Morgan fingerprint density at radius 1 is 1.20 bits per heavy atom. The fourth-order valence-electron chi connectivity index (χ4n) is 2.50. The Balaban J connectivity index is 1.99. The number of nitrogens with two attached hydrogens (primary N) is 1. The minimum atomic E-state index is 0.866. The lowest BCUT2D eigenvalue weighted by molar-refractivity contribution is -0.857. The van der Waals surface area contributed by atoms with Gasteiger partial charge in [-0.15, -0.1) is 0 Å². The Labute approximate surface area is 121 Å². The van der Waals surface area contributed by atoms with E-state index in [-0.39, 0.29) is 0 Å². The number of fused-ring (bicyclic) bond motifs is 1. The molecule has 0 amide bonds. The first-order valence-corrected chi connectivity index (χ1v) is 7.46. The molecule has 1 aromatic heterocycles. The van der Waals surface area contributed by atoms with Crippen LogP contribution in [0.4, 0.5) is 5.69 Å². The van der Waals surface area contributed by atoms with Crippen molar-refractivity contribution in [3.63, 3.8) is 0 Å². The van der Waals surface area contributed by atoms with Crippen LogP contribution in [0.1, 0.15) is 6.92 Å². The van der Waals surface area contributed by atoms with Crippen LogP contribution in [-0.2, 0) is 6.54 Å². The number of benzene rings is 1. The summed E-state index contributed by atoms with van der Waals surface area (Å²) in [6.45, 7) is 7.78. The minimum Gasteiger partial charge on any atom is -0.398 e. The predicted molar refractivity (Wildman–Crippen MR) is 86.1 cm³/mol. The van der Waals surface area contributed by atoms with E-state index in [0.717, 1.165) is 37.3 Å². The molecule has 0 saturated heterocycles. The molecule has 110 valence electrons. The second-order valence-electron chi connectivity index (χ2n) is 5.68. The Kier molecular flexibility index (Phi) is 5.04. The molecular weight excluding hydrogens is 248 g/mol. The SMILES string of the molecule is CCN(CCn1ccc2c(N)cccc21)CC[NH+](C)C. The Morgan fingerprint density at radius 3 is 2.70 bits per heavy atom. The van der Waals surface area contributed by atoms with Gasteiger partial charge in [-0.1, -0.05) is 13.0 Å². The molecule has 20 heavy (non-hydrogen) atoms. The number of likely N-dealkylation sites (N-methyl/N-ethyl adjacent to an activating group) is 2. The molecule has 0 aliphatic heterocycles. The van der Waals surface area contributed by atoms with Crippen LogP contribution >= 0.6 is 0 Å². The van der Waals surface area contributed by atoms with Crippen molar-refractivity contribution in [2.75, 3.05) is 46.0 Å². The first-order chi connectivity index (χ1) is 9.61. The molecule has 2 rings (SSSR count). The van der Waals surface area contributed by atoms with Gasteiger partial charge >= 0.3 is 0 Å². The van der Waals surface area contributed by atoms with E-state index < -0.39 is 0 Å². The summed E-state index contributed by atoms with van der Waals surface area (Å²) in [5.41, 5.74) is 8.11. The van der Waals surface area contributed by atoms with Gasteiger partial charge in [-0.3, -0.25) is 4.90 Å². The summed E-state index contributed by atoms with van der Waals surface area (Å²) >= 11 is 0. The maximum absolute atomic E-state index is 6.01. The lowest BCUT2D eigenvalue weighted by Crippen LogP contribution is -3.06. The average Bonchev–Trinajstić information content (AvgIpc) is 2.83. The van der Waals surface area contributed by atoms with Crippen molar-refractivity contribution in [3.8, 4) is 0 Å². The van der Waals surface area contributed by atoms with Gasteiger partial charge in [0.15, 0.2) is 0 Å². The number of rotatable bonds is 7. The molecular formula is C16H27N4+. The van der Waals surface area contributed by atoms with Crippen molar-refractivity contribution in [2.45, 2.75) is 13.5 Å². The third-order valence-electron chi connectivity index (χ3n) is 3.88. The molecule has 0 radical (unpaired) electrons. The molecule has 4 heteroatoms. The summed E-state index contributed by atoms with van der Waals surface area (Å²) in [5.74, 6) is 0. The summed E-state index contributed by atoms with van der Waals surface area (Å²) < 4.78 is 2.30. The first kappa shape index (κ1) is 14.9. The first-order valence-electron chi connectivity index (χ1n) is 7.46. The highest BCUT2D eigenvalue weighted by Crippen LogP contribution is 2.21. The summed E-state index contributed by atoms with van der Waals surface area (Å²) in [6, 6.07) is 8.25. The molecule has 0 atom stereocenters.